The van der Waals surface area contributed by atoms with Gasteiger partial charge in [0, 0.05) is 30.6 Å². The summed E-state index contributed by atoms with van der Waals surface area (Å²) in [5, 5.41) is 17.6. The first-order valence-corrected chi connectivity index (χ1v) is 11.7. The summed E-state index contributed by atoms with van der Waals surface area (Å²) in [6, 6.07) is 0. The van der Waals surface area contributed by atoms with Gasteiger partial charge in [0.25, 0.3) is 0 Å². The van der Waals surface area contributed by atoms with Crippen molar-refractivity contribution in [3.63, 3.8) is 0 Å². The first-order valence-electron chi connectivity index (χ1n) is 10.8. The van der Waals surface area contributed by atoms with Crippen LogP contribution in [0.5, 0.6) is 0 Å². The molecule has 1 aromatic rings. The van der Waals surface area contributed by atoms with Crippen LogP contribution in [-0.2, 0) is 20.9 Å². The van der Waals surface area contributed by atoms with Crippen molar-refractivity contribution in [2.75, 3.05) is 39.3 Å². The van der Waals surface area contributed by atoms with Crippen molar-refractivity contribution < 1.29 is 50.9 Å². The third-order valence-corrected chi connectivity index (χ3v) is 6.62. The van der Waals surface area contributed by atoms with Gasteiger partial charge in [0.1, 0.15) is 5.01 Å². The molecule has 3 fully saturated rings. The average Bonchev–Trinajstić information content (AvgIpc) is 3.51. The number of carboxylic acid groups (broad SMARTS) is 2. The summed E-state index contributed by atoms with van der Waals surface area (Å²) < 4.78 is 69.6. The topological polar surface area (TPSA) is 103 Å². The van der Waals surface area contributed by atoms with Crippen molar-refractivity contribution in [1.29, 1.82) is 0 Å². The van der Waals surface area contributed by atoms with Gasteiger partial charge in [0.2, 0.25) is 0 Å². The molecule has 0 aromatic carbocycles. The Morgan fingerprint density at radius 2 is 1.60 bits per heavy atom. The highest BCUT2D eigenvalue weighted by atomic mass is 32.1. The Morgan fingerprint density at radius 1 is 1.03 bits per heavy atom. The van der Waals surface area contributed by atoms with E-state index in [2.05, 4.69) is 20.2 Å². The molecule has 0 radical (unpaired) electrons. The molecule has 35 heavy (non-hydrogen) atoms. The number of hydrogen-bond acceptors (Lipinski definition) is 7. The van der Waals surface area contributed by atoms with Crippen LogP contribution in [0.4, 0.5) is 26.3 Å². The number of rotatable bonds is 4. The van der Waals surface area contributed by atoms with E-state index in [1.165, 1.54) is 50.4 Å². The molecule has 1 aromatic heterocycles. The predicted molar refractivity (Wildman–Crippen MR) is 112 cm³/mol. The van der Waals surface area contributed by atoms with Crippen molar-refractivity contribution >= 4 is 23.3 Å². The second-order valence-corrected chi connectivity index (χ2v) is 9.34. The van der Waals surface area contributed by atoms with Crippen LogP contribution in [0, 0.1) is 11.8 Å². The molecule has 3 atom stereocenters. The quantitative estimate of drug-likeness (QED) is 0.566. The van der Waals surface area contributed by atoms with Crippen molar-refractivity contribution in [3.8, 4) is 0 Å². The minimum atomic E-state index is -5.08. The van der Waals surface area contributed by atoms with Gasteiger partial charge in [-0.1, -0.05) is 0 Å². The van der Waals surface area contributed by atoms with E-state index in [4.69, 9.17) is 24.5 Å². The highest BCUT2D eigenvalue weighted by Gasteiger charge is 2.42. The normalized spacial score (nSPS) is 25.1. The summed E-state index contributed by atoms with van der Waals surface area (Å²) in [7, 11) is 0. The fourth-order valence-corrected chi connectivity index (χ4v) is 4.83. The Labute approximate surface area is 201 Å². The molecule has 0 spiro atoms. The highest BCUT2D eigenvalue weighted by molar-refractivity contribution is 7.09. The summed E-state index contributed by atoms with van der Waals surface area (Å²) in [5.74, 6) is -3.98. The molecule has 3 saturated heterocycles. The summed E-state index contributed by atoms with van der Waals surface area (Å²) in [4.78, 5) is 27.4. The standard InChI is InChI=1S/C16H25N3OS.2C2HF3O2/c1-2-6-18(5-1)10-15-14-9-19(7-3-13(14)12-20-15)11-16-17-4-8-21-16;2*3-2(4,5)1(6)7/h4,8,13-15H,1-3,5-7,9-12H2;2*(H,6,7)/t13-,14-,15+;;/m0../s1. The summed E-state index contributed by atoms with van der Waals surface area (Å²) in [6.45, 7) is 8.14. The number of halogens is 6. The number of carboxylic acids is 2. The second kappa shape index (κ2) is 12.8. The number of aromatic nitrogens is 1. The Kier molecular flexibility index (Phi) is 10.7. The van der Waals surface area contributed by atoms with Crippen molar-refractivity contribution in [2.45, 2.75) is 44.3 Å². The van der Waals surface area contributed by atoms with E-state index in [1.54, 1.807) is 11.3 Å². The Morgan fingerprint density at radius 3 is 2.09 bits per heavy atom. The van der Waals surface area contributed by atoms with Crippen molar-refractivity contribution in [2.24, 2.45) is 11.8 Å². The summed E-state index contributed by atoms with van der Waals surface area (Å²) >= 11 is 1.78. The number of hydrogen-bond donors (Lipinski definition) is 2. The molecule has 0 unspecified atom stereocenters. The van der Waals surface area contributed by atoms with Gasteiger partial charge < -0.3 is 19.8 Å². The van der Waals surface area contributed by atoms with E-state index in [0.717, 1.165) is 31.5 Å². The number of carbonyl (C=O) groups is 2. The number of piperidine rings is 1. The monoisotopic (exact) mass is 535 g/mol. The lowest BCUT2D eigenvalue weighted by Gasteiger charge is -2.36. The van der Waals surface area contributed by atoms with Crippen molar-refractivity contribution in [3.05, 3.63) is 16.6 Å². The Balaban J connectivity index is 0.000000257. The van der Waals surface area contributed by atoms with Crippen LogP contribution >= 0.6 is 11.3 Å². The largest absolute Gasteiger partial charge is 0.490 e. The van der Waals surface area contributed by atoms with Crippen LogP contribution in [0.25, 0.3) is 0 Å². The maximum atomic E-state index is 10.6. The van der Waals surface area contributed by atoms with Gasteiger partial charge in [-0.05, 0) is 44.8 Å². The zero-order valence-electron chi connectivity index (χ0n) is 18.6. The first-order chi connectivity index (χ1) is 16.3. The van der Waals surface area contributed by atoms with Gasteiger partial charge in [-0.3, -0.25) is 4.90 Å². The van der Waals surface area contributed by atoms with Crippen LogP contribution in [0.3, 0.4) is 0 Å². The molecule has 4 heterocycles. The fourth-order valence-electron chi connectivity index (χ4n) is 4.17. The second-order valence-electron chi connectivity index (χ2n) is 8.36. The minimum absolute atomic E-state index is 0.465. The Hall–Kier alpha value is -1.97. The lowest BCUT2D eigenvalue weighted by atomic mass is 9.84. The predicted octanol–water partition coefficient (Wildman–Crippen LogP) is 3.34. The zero-order chi connectivity index (χ0) is 26.2. The molecule has 0 aliphatic carbocycles. The van der Waals surface area contributed by atoms with E-state index < -0.39 is 24.3 Å². The molecule has 3 aliphatic rings. The van der Waals surface area contributed by atoms with Crippen LogP contribution < -0.4 is 0 Å². The lowest BCUT2D eigenvalue weighted by molar-refractivity contribution is -0.193. The Bertz CT molecular complexity index is 778. The third kappa shape index (κ3) is 9.89. The number of thiazole rings is 1. The van der Waals surface area contributed by atoms with Gasteiger partial charge >= 0.3 is 24.3 Å². The number of alkyl halides is 6. The van der Waals surface area contributed by atoms with Crippen molar-refractivity contribution in [1.82, 2.24) is 14.8 Å². The maximum absolute atomic E-state index is 10.6. The molecule has 0 saturated carbocycles. The maximum Gasteiger partial charge on any atom is 0.490 e. The lowest BCUT2D eigenvalue weighted by Crippen LogP contribution is -2.44. The highest BCUT2D eigenvalue weighted by Crippen LogP contribution is 2.35. The van der Waals surface area contributed by atoms with E-state index >= 15 is 0 Å². The number of nitrogens with zero attached hydrogens (tertiary/aromatic N) is 3. The molecule has 4 rings (SSSR count). The van der Waals surface area contributed by atoms with Crippen LogP contribution in [0.1, 0.15) is 24.3 Å². The smallest absolute Gasteiger partial charge is 0.475 e. The van der Waals surface area contributed by atoms with Crippen LogP contribution in [0.2, 0.25) is 0 Å². The van der Waals surface area contributed by atoms with Gasteiger partial charge in [0.05, 0.1) is 19.3 Å². The molecule has 200 valence electrons. The molecule has 0 amide bonds. The minimum Gasteiger partial charge on any atom is -0.475 e. The fraction of sp³-hybridized carbons (Fsp3) is 0.750. The molecular weight excluding hydrogens is 508 g/mol. The summed E-state index contributed by atoms with van der Waals surface area (Å²) in [5.41, 5.74) is 0. The first kappa shape index (κ1) is 29.3. The van der Waals surface area contributed by atoms with Crippen LogP contribution in [-0.4, -0.2) is 94.7 Å². The molecular formula is C20H27F6N3O5S. The van der Waals surface area contributed by atoms with Crippen LogP contribution in [0.15, 0.2) is 11.6 Å². The molecule has 2 N–H and O–H groups in total. The summed E-state index contributed by atoms with van der Waals surface area (Å²) in [6.07, 6.45) is -3.74. The SMILES string of the molecule is O=C(O)C(F)(F)F.O=C(O)C(F)(F)F.c1csc(CN2CC[C@H]3CO[C@H](CN4CCCC4)[C@H]3C2)n1. The van der Waals surface area contributed by atoms with Gasteiger partial charge in [-0.15, -0.1) is 11.3 Å². The van der Waals surface area contributed by atoms with Gasteiger partial charge in [0.15, 0.2) is 0 Å². The van der Waals surface area contributed by atoms with Gasteiger partial charge in [-0.2, -0.15) is 26.3 Å². The van der Waals surface area contributed by atoms with Gasteiger partial charge in [-0.25, -0.2) is 14.6 Å². The van der Waals surface area contributed by atoms with E-state index in [0.29, 0.717) is 6.10 Å². The van der Waals surface area contributed by atoms with E-state index in [1.807, 2.05) is 6.20 Å². The molecule has 3 aliphatic heterocycles. The number of aliphatic carboxylic acids is 2. The number of ether oxygens (including phenoxy) is 1. The van der Waals surface area contributed by atoms with E-state index in [-0.39, 0.29) is 0 Å². The van der Waals surface area contributed by atoms with E-state index in [9.17, 15) is 26.3 Å². The zero-order valence-corrected chi connectivity index (χ0v) is 19.4. The molecule has 15 heteroatoms. The average molecular weight is 536 g/mol. The molecule has 0 bridgehead atoms. The molecule has 8 nitrogen and oxygen atoms in total. The number of likely N-dealkylation sites (tertiary alicyclic amines) is 2. The third-order valence-electron chi connectivity index (χ3n) is 5.86. The number of fused-ring (bicyclic) bond motifs is 1.